The second-order valence-electron chi connectivity index (χ2n) is 7.05. The Kier molecular flexibility index (Phi) is 5.98. The number of benzene rings is 1. The summed E-state index contributed by atoms with van der Waals surface area (Å²) in [4.78, 5) is 40.0. The minimum absolute atomic E-state index is 0.0145. The molecule has 7 heteroatoms. The van der Waals surface area contributed by atoms with Gasteiger partial charge in [0.1, 0.15) is 5.69 Å². The van der Waals surface area contributed by atoms with E-state index in [2.05, 4.69) is 4.98 Å². The second-order valence-corrected chi connectivity index (χ2v) is 7.05. The van der Waals surface area contributed by atoms with E-state index in [1.54, 1.807) is 37.4 Å². The van der Waals surface area contributed by atoms with Gasteiger partial charge in [0.05, 0.1) is 12.6 Å². The van der Waals surface area contributed by atoms with Crippen LogP contribution in [0.3, 0.4) is 0 Å². The summed E-state index contributed by atoms with van der Waals surface area (Å²) in [5, 5.41) is 0.484. The number of methoxy groups -OCH3 is 1. The summed E-state index contributed by atoms with van der Waals surface area (Å²) < 4.78 is 12.4. The lowest BCUT2D eigenvalue weighted by atomic mass is 10.1. The maximum absolute atomic E-state index is 12.6. The molecular weight excluding hydrogens is 372 g/mol. The van der Waals surface area contributed by atoms with Gasteiger partial charge in [-0.25, -0.2) is 4.79 Å². The summed E-state index contributed by atoms with van der Waals surface area (Å²) in [7, 11) is 1.63. The monoisotopic (exact) mass is 396 g/mol. The molecule has 0 aliphatic heterocycles. The third-order valence-corrected chi connectivity index (χ3v) is 4.92. The highest BCUT2D eigenvalue weighted by atomic mass is 16.5. The molecule has 1 aromatic carbocycles. The van der Waals surface area contributed by atoms with Crippen molar-refractivity contribution >= 4 is 22.7 Å². The number of ether oxygens (including phenoxy) is 2. The van der Waals surface area contributed by atoms with Gasteiger partial charge in [0, 0.05) is 41.0 Å². The van der Waals surface area contributed by atoms with Gasteiger partial charge in [-0.2, -0.15) is 0 Å². The van der Waals surface area contributed by atoms with Crippen LogP contribution in [0, 0.1) is 13.8 Å². The maximum atomic E-state index is 12.6. The van der Waals surface area contributed by atoms with Crippen molar-refractivity contribution in [3.05, 3.63) is 69.3 Å². The molecule has 1 N–H and O–H groups in total. The van der Waals surface area contributed by atoms with Gasteiger partial charge in [0.15, 0.2) is 12.0 Å². The van der Waals surface area contributed by atoms with Gasteiger partial charge in [-0.1, -0.05) is 12.1 Å². The number of carbonyl (C=O) groups is 2. The molecule has 0 amide bonds. The molecule has 0 saturated heterocycles. The number of aryl methyl sites for hydroxylation is 1. The summed E-state index contributed by atoms with van der Waals surface area (Å²) in [5.41, 5.74) is 2.50. The lowest BCUT2D eigenvalue weighted by molar-refractivity contribution is 0.0469. The minimum Gasteiger partial charge on any atom is -0.453 e. The van der Waals surface area contributed by atoms with Gasteiger partial charge >= 0.3 is 5.97 Å². The average Bonchev–Trinajstić information content (AvgIpc) is 3.00. The number of ketones is 1. The minimum atomic E-state index is -0.747. The van der Waals surface area contributed by atoms with E-state index in [0.717, 1.165) is 11.4 Å². The number of Topliss-reactive ketones (excluding diaryl/α,β-unsaturated/α-hetero) is 1. The fraction of sp³-hybridized carbons (Fsp3) is 0.318. The molecule has 0 bridgehead atoms. The van der Waals surface area contributed by atoms with Crippen LogP contribution < -0.4 is 5.43 Å². The normalized spacial score (nSPS) is 12.1. The molecule has 2 aromatic heterocycles. The predicted molar refractivity (Wildman–Crippen MR) is 110 cm³/mol. The van der Waals surface area contributed by atoms with E-state index < -0.39 is 12.6 Å². The zero-order valence-electron chi connectivity index (χ0n) is 16.9. The Labute approximate surface area is 168 Å². The van der Waals surface area contributed by atoms with E-state index in [9.17, 15) is 14.4 Å². The second kappa shape index (κ2) is 8.45. The van der Waals surface area contributed by atoms with Crippen LogP contribution in [0.5, 0.6) is 0 Å². The molecular formula is C22H24N2O5. The Balaban J connectivity index is 1.75. The van der Waals surface area contributed by atoms with E-state index in [4.69, 9.17) is 9.47 Å². The molecule has 2 heterocycles. The highest BCUT2D eigenvalue weighted by Crippen LogP contribution is 2.21. The molecule has 0 aliphatic carbocycles. The molecule has 1 atom stereocenters. The van der Waals surface area contributed by atoms with Crippen molar-refractivity contribution in [2.75, 3.05) is 20.3 Å². The van der Waals surface area contributed by atoms with Crippen LogP contribution >= 0.6 is 0 Å². The topological polar surface area (TPSA) is 90.4 Å². The van der Waals surface area contributed by atoms with Crippen molar-refractivity contribution in [3.8, 4) is 0 Å². The van der Waals surface area contributed by atoms with Crippen LogP contribution in [-0.2, 0) is 9.47 Å². The number of pyridine rings is 1. The van der Waals surface area contributed by atoms with Crippen LogP contribution in [0.25, 0.3) is 10.9 Å². The number of aromatic nitrogens is 2. The first-order valence-electron chi connectivity index (χ1n) is 9.33. The number of hydrogen-bond donors (Lipinski definition) is 1. The average molecular weight is 396 g/mol. The highest BCUT2D eigenvalue weighted by Gasteiger charge is 2.20. The van der Waals surface area contributed by atoms with Gasteiger partial charge in [0.2, 0.25) is 5.78 Å². The number of carbonyl (C=O) groups excluding carboxylic acids is 2. The quantitative estimate of drug-likeness (QED) is 0.489. The van der Waals surface area contributed by atoms with Gasteiger partial charge in [0.25, 0.3) is 0 Å². The van der Waals surface area contributed by atoms with E-state index in [1.807, 2.05) is 25.3 Å². The Morgan fingerprint density at radius 1 is 1.17 bits per heavy atom. The number of esters is 1. The zero-order valence-corrected chi connectivity index (χ0v) is 16.9. The lowest BCUT2D eigenvalue weighted by Gasteiger charge is -2.17. The highest BCUT2D eigenvalue weighted by molar-refractivity contribution is 6.00. The van der Waals surface area contributed by atoms with Crippen LogP contribution in [0.2, 0.25) is 0 Å². The van der Waals surface area contributed by atoms with Crippen LogP contribution in [0.1, 0.15) is 45.2 Å². The molecule has 7 nitrogen and oxygen atoms in total. The molecule has 0 radical (unpaired) electrons. The number of nitrogens with one attached hydrogen (secondary N) is 1. The molecule has 0 fully saturated rings. The van der Waals surface area contributed by atoms with Crippen molar-refractivity contribution < 1.29 is 19.1 Å². The number of nitrogens with zero attached hydrogens (tertiary/aromatic N) is 1. The summed E-state index contributed by atoms with van der Waals surface area (Å²) in [6.07, 6.45) is 0. The van der Waals surface area contributed by atoms with Gasteiger partial charge in [-0.3, -0.25) is 9.59 Å². The zero-order chi connectivity index (χ0) is 21.1. The third kappa shape index (κ3) is 4.14. The molecule has 3 rings (SSSR count). The van der Waals surface area contributed by atoms with Gasteiger partial charge < -0.3 is 19.0 Å². The van der Waals surface area contributed by atoms with Crippen molar-refractivity contribution in [2.24, 2.45) is 0 Å². The van der Waals surface area contributed by atoms with Crippen molar-refractivity contribution in [1.82, 2.24) is 9.55 Å². The largest absolute Gasteiger partial charge is 0.453 e. The van der Waals surface area contributed by atoms with Crippen molar-refractivity contribution in [1.29, 1.82) is 0 Å². The van der Waals surface area contributed by atoms with E-state index in [1.165, 1.54) is 6.07 Å². The summed E-state index contributed by atoms with van der Waals surface area (Å²) in [6, 6.07) is 9.94. The summed E-state index contributed by atoms with van der Waals surface area (Å²) in [6.45, 7) is 5.90. The van der Waals surface area contributed by atoms with E-state index >= 15 is 0 Å². The Morgan fingerprint density at radius 2 is 1.90 bits per heavy atom. The molecule has 0 spiro atoms. The lowest BCUT2D eigenvalue weighted by Crippen LogP contribution is -2.18. The standard InChI is InChI=1S/C22H24N2O5/c1-13-9-17(15(3)24(13)14(2)11-28-4)21(26)12-29-22(27)19-10-20(25)16-7-5-6-8-18(16)23-19/h5-10,14H,11-12H2,1-4H3,(H,23,25)/t14-/m1/s1. The Hall–Kier alpha value is -3.19. The fourth-order valence-corrected chi connectivity index (χ4v) is 3.65. The number of para-hydroxylation sites is 1. The molecule has 152 valence electrons. The molecule has 0 saturated carbocycles. The first kappa shape index (κ1) is 20.5. The first-order valence-corrected chi connectivity index (χ1v) is 9.33. The van der Waals surface area contributed by atoms with Crippen LogP contribution in [0.15, 0.2) is 41.2 Å². The molecule has 0 aliphatic rings. The maximum Gasteiger partial charge on any atom is 0.355 e. The Morgan fingerprint density at radius 3 is 2.62 bits per heavy atom. The van der Waals surface area contributed by atoms with Crippen LogP contribution in [-0.4, -0.2) is 41.6 Å². The summed E-state index contributed by atoms with van der Waals surface area (Å²) in [5.74, 6) is -1.05. The molecule has 29 heavy (non-hydrogen) atoms. The smallest absolute Gasteiger partial charge is 0.355 e. The van der Waals surface area contributed by atoms with Crippen molar-refractivity contribution in [2.45, 2.75) is 26.8 Å². The van der Waals surface area contributed by atoms with E-state index in [-0.39, 0.29) is 22.9 Å². The first-order chi connectivity index (χ1) is 13.8. The number of rotatable bonds is 7. The number of aromatic amines is 1. The summed E-state index contributed by atoms with van der Waals surface area (Å²) >= 11 is 0. The number of H-pyrrole nitrogens is 1. The van der Waals surface area contributed by atoms with Gasteiger partial charge in [-0.05, 0) is 39.0 Å². The fourth-order valence-electron chi connectivity index (χ4n) is 3.65. The molecule has 3 aromatic rings. The SMILES string of the molecule is COC[C@@H](C)n1c(C)cc(C(=O)COC(=O)c2cc(=O)c3ccccc3[nH]2)c1C. The predicted octanol–water partition coefficient (Wildman–Crippen LogP) is 3.19. The van der Waals surface area contributed by atoms with Gasteiger partial charge in [-0.15, -0.1) is 0 Å². The Bertz CT molecular complexity index is 1130. The third-order valence-electron chi connectivity index (χ3n) is 4.92. The number of hydrogen-bond acceptors (Lipinski definition) is 5. The van der Waals surface area contributed by atoms with Crippen LogP contribution in [0.4, 0.5) is 0 Å². The van der Waals surface area contributed by atoms with Crippen molar-refractivity contribution in [3.63, 3.8) is 0 Å². The molecule has 0 unspecified atom stereocenters. The van der Waals surface area contributed by atoms with E-state index in [0.29, 0.717) is 23.1 Å². The number of fused-ring (bicyclic) bond motifs is 1.